The summed E-state index contributed by atoms with van der Waals surface area (Å²) in [5.74, 6) is -0.927. The topological polar surface area (TPSA) is 70.3 Å². The van der Waals surface area contributed by atoms with E-state index < -0.39 is 11.6 Å². The van der Waals surface area contributed by atoms with Crippen LogP contribution in [0.25, 0.3) is 11.1 Å². The summed E-state index contributed by atoms with van der Waals surface area (Å²) in [7, 11) is 0. The molecule has 19 heavy (non-hydrogen) atoms. The first kappa shape index (κ1) is 11.7. The van der Waals surface area contributed by atoms with E-state index in [0.29, 0.717) is 17.7 Å². The molecule has 0 N–H and O–H groups in total. The van der Waals surface area contributed by atoms with Gasteiger partial charge in [-0.15, -0.1) is 0 Å². The summed E-state index contributed by atoms with van der Waals surface area (Å²) in [5.41, 5.74) is 2.02. The van der Waals surface area contributed by atoms with Crippen LogP contribution < -0.4 is 10.7 Å². The molecule has 0 unspecified atom stereocenters. The van der Waals surface area contributed by atoms with Crippen LogP contribution in [0.2, 0.25) is 0 Å². The number of carboxylic acid groups (broad SMARTS) is 1. The zero-order valence-corrected chi connectivity index (χ0v) is 10.4. The van der Waals surface area contributed by atoms with Gasteiger partial charge in [-0.2, -0.15) is 0 Å². The predicted molar refractivity (Wildman–Crippen MR) is 66.9 cm³/mol. The Morgan fingerprint density at radius 1 is 1.26 bits per heavy atom. The Hall–Kier alpha value is -2.36. The summed E-state index contributed by atoms with van der Waals surface area (Å²) >= 11 is 0. The highest BCUT2D eigenvalue weighted by atomic mass is 16.4. The second-order valence-corrected chi connectivity index (χ2v) is 4.63. The summed E-state index contributed by atoms with van der Waals surface area (Å²) in [4.78, 5) is 22.7. The first-order valence-corrected chi connectivity index (χ1v) is 6.06. The van der Waals surface area contributed by atoms with Crippen LogP contribution in [0.1, 0.15) is 27.2 Å². The molecule has 1 aliphatic rings. The molecular weight excluding hydrogens is 244 g/mol. The number of carbonyl (C=O) groups excluding carboxylic acids is 1. The van der Waals surface area contributed by atoms with Gasteiger partial charge in [-0.05, 0) is 30.0 Å². The second-order valence-electron chi connectivity index (χ2n) is 4.63. The van der Waals surface area contributed by atoms with Crippen molar-refractivity contribution in [1.82, 2.24) is 0 Å². The lowest BCUT2D eigenvalue weighted by Gasteiger charge is -2.21. The highest BCUT2D eigenvalue weighted by Crippen LogP contribution is 2.35. The third-order valence-corrected chi connectivity index (χ3v) is 3.56. The van der Waals surface area contributed by atoms with Gasteiger partial charge in [0, 0.05) is 12.0 Å². The minimum Gasteiger partial charge on any atom is -0.545 e. The van der Waals surface area contributed by atoms with E-state index in [0.717, 1.165) is 23.1 Å². The van der Waals surface area contributed by atoms with Crippen LogP contribution in [0.4, 0.5) is 0 Å². The molecule has 0 spiro atoms. The third kappa shape index (κ3) is 1.68. The van der Waals surface area contributed by atoms with Gasteiger partial charge >= 0.3 is 5.63 Å². The molecule has 0 saturated heterocycles. The van der Waals surface area contributed by atoms with Crippen LogP contribution in [0.5, 0.6) is 0 Å². The molecule has 0 radical (unpaired) electrons. The standard InChI is InChI=1S/C15H12O4/c1-8-12-10-5-3-2-4-9(10)6-7-11(12)19-15(18)13(8)14(16)17/h2-5H,6-7H2,1H3,(H,16,17)/p-1. The maximum Gasteiger partial charge on any atom is 0.345 e. The molecule has 96 valence electrons. The van der Waals surface area contributed by atoms with Crippen LogP contribution in [0, 0.1) is 6.92 Å². The van der Waals surface area contributed by atoms with Gasteiger partial charge in [-0.25, -0.2) is 4.79 Å². The Morgan fingerprint density at radius 2 is 2.00 bits per heavy atom. The fourth-order valence-corrected chi connectivity index (χ4v) is 2.70. The SMILES string of the molecule is Cc1c2c(oc(=O)c1C(=O)[O-])CCc1ccccc1-2. The quantitative estimate of drug-likeness (QED) is 0.764. The van der Waals surface area contributed by atoms with Gasteiger partial charge in [0.1, 0.15) is 5.76 Å². The number of fused-ring (bicyclic) bond motifs is 3. The van der Waals surface area contributed by atoms with Gasteiger partial charge in [0.05, 0.1) is 11.5 Å². The lowest BCUT2D eigenvalue weighted by molar-refractivity contribution is -0.255. The number of rotatable bonds is 1. The zero-order chi connectivity index (χ0) is 13.6. The lowest BCUT2D eigenvalue weighted by Crippen LogP contribution is -2.31. The number of benzene rings is 1. The minimum absolute atomic E-state index is 0.379. The van der Waals surface area contributed by atoms with Crippen molar-refractivity contribution >= 4 is 5.97 Å². The van der Waals surface area contributed by atoms with Crippen LogP contribution in [0.15, 0.2) is 33.5 Å². The van der Waals surface area contributed by atoms with Crippen molar-refractivity contribution in [1.29, 1.82) is 0 Å². The Kier molecular flexibility index (Phi) is 2.52. The molecular formula is C15H11O4-. The smallest absolute Gasteiger partial charge is 0.345 e. The number of carboxylic acids is 1. The number of hydrogen-bond donors (Lipinski definition) is 0. The Labute approximate surface area is 109 Å². The third-order valence-electron chi connectivity index (χ3n) is 3.56. The maximum atomic E-state index is 11.7. The van der Waals surface area contributed by atoms with Crippen molar-refractivity contribution in [2.75, 3.05) is 0 Å². The first-order chi connectivity index (χ1) is 9.09. The van der Waals surface area contributed by atoms with E-state index >= 15 is 0 Å². The van der Waals surface area contributed by atoms with Gasteiger partial charge in [-0.3, -0.25) is 0 Å². The van der Waals surface area contributed by atoms with Gasteiger partial charge in [0.15, 0.2) is 0 Å². The molecule has 0 fully saturated rings. The second kappa shape index (κ2) is 4.09. The molecule has 4 nitrogen and oxygen atoms in total. The normalized spacial score (nSPS) is 12.7. The molecule has 0 amide bonds. The Bertz CT molecular complexity index is 740. The zero-order valence-electron chi connectivity index (χ0n) is 10.4. The lowest BCUT2D eigenvalue weighted by atomic mass is 9.86. The van der Waals surface area contributed by atoms with E-state index in [-0.39, 0.29) is 5.56 Å². The van der Waals surface area contributed by atoms with Gasteiger partial charge in [0.2, 0.25) is 0 Å². The van der Waals surface area contributed by atoms with Crippen LogP contribution in [-0.2, 0) is 12.8 Å². The molecule has 1 aromatic heterocycles. The van der Waals surface area contributed by atoms with Crippen molar-refractivity contribution in [2.45, 2.75) is 19.8 Å². The Balaban J connectivity index is 2.39. The van der Waals surface area contributed by atoms with Crippen molar-refractivity contribution in [3.05, 3.63) is 57.1 Å². The van der Waals surface area contributed by atoms with Crippen LogP contribution in [0.3, 0.4) is 0 Å². The average Bonchev–Trinajstić information content (AvgIpc) is 2.37. The Morgan fingerprint density at radius 3 is 2.74 bits per heavy atom. The number of hydrogen-bond acceptors (Lipinski definition) is 4. The fourth-order valence-electron chi connectivity index (χ4n) is 2.70. The van der Waals surface area contributed by atoms with Crippen LogP contribution in [-0.4, -0.2) is 5.97 Å². The summed E-state index contributed by atoms with van der Waals surface area (Å²) in [6.07, 6.45) is 1.39. The average molecular weight is 255 g/mol. The van der Waals surface area contributed by atoms with Gasteiger partial charge in [0.25, 0.3) is 0 Å². The molecule has 3 rings (SSSR count). The highest BCUT2D eigenvalue weighted by molar-refractivity contribution is 5.90. The number of aryl methyl sites for hydroxylation is 2. The monoisotopic (exact) mass is 255 g/mol. The van der Waals surface area contributed by atoms with E-state index in [1.165, 1.54) is 0 Å². The van der Waals surface area contributed by atoms with Crippen molar-refractivity contribution in [2.24, 2.45) is 0 Å². The molecule has 1 heterocycles. The van der Waals surface area contributed by atoms with Crippen molar-refractivity contribution in [3.8, 4) is 11.1 Å². The summed E-state index contributed by atoms with van der Waals surface area (Å²) < 4.78 is 5.15. The molecule has 0 atom stereocenters. The predicted octanol–water partition coefficient (Wildman–Crippen LogP) is 1.08. The number of aromatic carboxylic acids is 1. The molecule has 0 saturated carbocycles. The van der Waals surface area contributed by atoms with E-state index in [1.54, 1.807) is 6.92 Å². The fraction of sp³-hybridized carbons (Fsp3) is 0.200. The number of carbonyl (C=O) groups is 1. The van der Waals surface area contributed by atoms with E-state index in [9.17, 15) is 14.7 Å². The van der Waals surface area contributed by atoms with E-state index in [2.05, 4.69) is 0 Å². The van der Waals surface area contributed by atoms with Gasteiger partial charge in [-0.1, -0.05) is 24.3 Å². The van der Waals surface area contributed by atoms with Crippen molar-refractivity contribution < 1.29 is 14.3 Å². The first-order valence-electron chi connectivity index (χ1n) is 6.06. The van der Waals surface area contributed by atoms with Crippen molar-refractivity contribution in [3.63, 3.8) is 0 Å². The van der Waals surface area contributed by atoms with Gasteiger partial charge < -0.3 is 14.3 Å². The maximum absolute atomic E-state index is 11.7. The van der Waals surface area contributed by atoms with E-state index in [1.807, 2.05) is 24.3 Å². The molecule has 1 aliphatic carbocycles. The summed E-state index contributed by atoms with van der Waals surface area (Å²) in [6.45, 7) is 1.63. The molecule has 4 heteroatoms. The highest BCUT2D eigenvalue weighted by Gasteiger charge is 2.23. The molecule has 0 bridgehead atoms. The largest absolute Gasteiger partial charge is 0.545 e. The summed E-state index contributed by atoms with van der Waals surface area (Å²) in [6, 6.07) is 7.75. The summed E-state index contributed by atoms with van der Waals surface area (Å²) in [5, 5.41) is 11.1. The molecule has 2 aromatic rings. The minimum atomic E-state index is -1.49. The van der Waals surface area contributed by atoms with Crippen LogP contribution >= 0.6 is 0 Å². The molecule has 1 aromatic carbocycles. The van der Waals surface area contributed by atoms with E-state index in [4.69, 9.17) is 4.42 Å². The molecule has 0 aliphatic heterocycles.